The predicted octanol–water partition coefficient (Wildman–Crippen LogP) is 3.09. The second-order valence-electron chi connectivity index (χ2n) is 5.00. The fourth-order valence-corrected chi connectivity index (χ4v) is 2.43. The molecule has 3 nitrogen and oxygen atoms in total. The zero-order valence-corrected chi connectivity index (χ0v) is 14.2. The van der Waals surface area contributed by atoms with Crippen molar-refractivity contribution in [3.8, 4) is 0 Å². The van der Waals surface area contributed by atoms with Crippen molar-refractivity contribution in [1.82, 2.24) is 10.6 Å². The number of rotatable bonds is 4. The van der Waals surface area contributed by atoms with E-state index in [1.165, 1.54) is 37.8 Å². The molecule has 112 valence electrons. The molecule has 1 aromatic rings. The summed E-state index contributed by atoms with van der Waals surface area (Å²) in [5, 5.41) is 6.74. The quantitative estimate of drug-likeness (QED) is 0.470. The Hall–Kier alpha value is -0.850. The summed E-state index contributed by atoms with van der Waals surface area (Å²) in [6, 6.07) is 7.22. The minimum atomic E-state index is -0.185. The first kappa shape index (κ1) is 17.2. The number of aliphatic imine (C=N–C) groups is 1. The summed E-state index contributed by atoms with van der Waals surface area (Å²) in [6.45, 7) is 0.804. The summed E-state index contributed by atoms with van der Waals surface area (Å²) in [7, 11) is 1.79. The molecule has 0 unspecified atom stereocenters. The monoisotopic (exact) mass is 391 g/mol. The van der Waals surface area contributed by atoms with Gasteiger partial charge in [0.15, 0.2) is 5.96 Å². The van der Waals surface area contributed by atoms with E-state index in [4.69, 9.17) is 0 Å². The van der Waals surface area contributed by atoms with Gasteiger partial charge in [-0.15, -0.1) is 24.0 Å². The van der Waals surface area contributed by atoms with Crippen molar-refractivity contribution in [1.29, 1.82) is 0 Å². The van der Waals surface area contributed by atoms with Gasteiger partial charge in [-0.05, 0) is 37.0 Å². The summed E-state index contributed by atoms with van der Waals surface area (Å²) >= 11 is 0. The van der Waals surface area contributed by atoms with Crippen molar-refractivity contribution < 1.29 is 4.39 Å². The minimum Gasteiger partial charge on any atom is -0.356 e. The second-order valence-corrected chi connectivity index (χ2v) is 5.00. The maximum Gasteiger partial charge on any atom is 0.191 e. The van der Waals surface area contributed by atoms with Crippen LogP contribution in [0.3, 0.4) is 0 Å². The van der Waals surface area contributed by atoms with Crippen LogP contribution >= 0.6 is 24.0 Å². The molecule has 0 heterocycles. The van der Waals surface area contributed by atoms with Gasteiger partial charge in [0, 0.05) is 19.6 Å². The average Bonchev–Trinajstić information content (AvgIpc) is 2.93. The lowest BCUT2D eigenvalue weighted by Crippen LogP contribution is -2.42. The number of benzene rings is 1. The normalized spacial score (nSPS) is 15.8. The highest BCUT2D eigenvalue weighted by atomic mass is 127. The van der Waals surface area contributed by atoms with E-state index >= 15 is 0 Å². The van der Waals surface area contributed by atoms with Gasteiger partial charge >= 0.3 is 0 Å². The molecule has 1 fully saturated rings. The third-order valence-corrected chi connectivity index (χ3v) is 3.54. The van der Waals surface area contributed by atoms with Gasteiger partial charge in [-0.3, -0.25) is 4.99 Å². The van der Waals surface area contributed by atoms with E-state index in [9.17, 15) is 4.39 Å². The van der Waals surface area contributed by atoms with Gasteiger partial charge in [0.2, 0.25) is 0 Å². The molecule has 1 aliphatic rings. The lowest BCUT2D eigenvalue weighted by molar-refractivity contribution is 0.613. The molecule has 0 amide bonds. The van der Waals surface area contributed by atoms with Crippen molar-refractivity contribution in [2.45, 2.75) is 38.1 Å². The molecule has 0 bridgehead atoms. The van der Waals surface area contributed by atoms with Crippen molar-refractivity contribution in [3.63, 3.8) is 0 Å². The summed E-state index contributed by atoms with van der Waals surface area (Å²) in [5.41, 5.74) is 1.13. The molecule has 0 spiro atoms. The Morgan fingerprint density at radius 3 is 2.50 bits per heavy atom. The van der Waals surface area contributed by atoms with Crippen molar-refractivity contribution in [2.24, 2.45) is 4.99 Å². The maximum absolute atomic E-state index is 12.8. The third-order valence-electron chi connectivity index (χ3n) is 3.54. The number of guanidine groups is 1. The van der Waals surface area contributed by atoms with E-state index < -0.39 is 0 Å². The molecule has 2 N–H and O–H groups in total. The van der Waals surface area contributed by atoms with Crippen LogP contribution in [0.25, 0.3) is 0 Å². The van der Waals surface area contributed by atoms with Crippen molar-refractivity contribution in [2.75, 3.05) is 13.6 Å². The molecule has 20 heavy (non-hydrogen) atoms. The van der Waals surface area contributed by atoms with Gasteiger partial charge in [-0.25, -0.2) is 4.39 Å². The van der Waals surface area contributed by atoms with E-state index in [0.717, 1.165) is 24.5 Å². The number of halogens is 2. The first-order valence-electron chi connectivity index (χ1n) is 6.99. The molecule has 2 rings (SSSR count). The summed E-state index contributed by atoms with van der Waals surface area (Å²) in [4.78, 5) is 4.23. The Bertz CT molecular complexity index is 414. The Morgan fingerprint density at radius 1 is 1.25 bits per heavy atom. The second kappa shape index (κ2) is 9.15. The molecule has 0 radical (unpaired) electrons. The van der Waals surface area contributed by atoms with Crippen LogP contribution < -0.4 is 10.6 Å². The lowest BCUT2D eigenvalue weighted by atomic mass is 10.1. The van der Waals surface area contributed by atoms with Gasteiger partial charge < -0.3 is 10.6 Å². The number of hydrogen-bond acceptors (Lipinski definition) is 1. The van der Waals surface area contributed by atoms with Crippen molar-refractivity contribution in [3.05, 3.63) is 35.6 Å². The van der Waals surface area contributed by atoms with Gasteiger partial charge in [-0.1, -0.05) is 25.0 Å². The molecule has 0 aliphatic heterocycles. The molecule has 0 saturated heterocycles. The van der Waals surface area contributed by atoms with Gasteiger partial charge in [0.05, 0.1) is 0 Å². The number of nitrogens with one attached hydrogen (secondary N) is 2. The molecule has 5 heteroatoms. The molecule has 0 aromatic heterocycles. The maximum atomic E-state index is 12.8. The average molecular weight is 391 g/mol. The minimum absolute atomic E-state index is 0. The van der Waals surface area contributed by atoms with E-state index in [1.807, 2.05) is 12.1 Å². The smallest absolute Gasteiger partial charge is 0.191 e. The SMILES string of the molecule is CN=C(NCCc1ccc(F)cc1)NC1CCCC1.I. The molecular weight excluding hydrogens is 368 g/mol. The zero-order chi connectivity index (χ0) is 13.5. The van der Waals surface area contributed by atoms with Crippen molar-refractivity contribution >= 4 is 29.9 Å². The molecular formula is C15H23FIN3. The van der Waals surface area contributed by atoms with E-state index in [2.05, 4.69) is 15.6 Å². The van der Waals surface area contributed by atoms with Crippen LogP contribution in [-0.2, 0) is 6.42 Å². The molecule has 1 aliphatic carbocycles. The Morgan fingerprint density at radius 2 is 1.90 bits per heavy atom. The molecule has 1 saturated carbocycles. The van der Waals surface area contributed by atoms with Crippen LogP contribution in [0.5, 0.6) is 0 Å². The highest BCUT2D eigenvalue weighted by Gasteiger charge is 2.15. The largest absolute Gasteiger partial charge is 0.356 e. The highest BCUT2D eigenvalue weighted by Crippen LogP contribution is 2.17. The third kappa shape index (κ3) is 5.64. The van der Waals surface area contributed by atoms with Crippen LogP contribution in [0.4, 0.5) is 4.39 Å². The first-order valence-corrected chi connectivity index (χ1v) is 6.99. The predicted molar refractivity (Wildman–Crippen MR) is 92.3 cm³/mol. The van der Waals surface area contributed by atoms with Crippen LogP contribution in [0.2, 0.25) is 0 Å². The number of nitrogens with zero attached hydrogens (tertiary/aromatic N) is 1. The summed E-state index contributed by atoms with van der Waals surface area (Å²) < 4.78 is 12.8. The topological polar surface area (TPSA) is 36.4 Å². The van der Waals surface area contributed by atoms with Crippen LogP contribution in [0.1, 0.15) is 31.2 Å². The van der Waals surface area contributed by atoms with Gasteiger partial charge in [-0.2, -0.15) is 0 Å². The Balaban J connectivity index is 0.00000200. The Kier molecular flexibility index (Phi) is 7.87. The molecule has 0 atom stereocenters. The van der Waals surface area contributed by atoms with E-state index in [0.29, 0.717) is 6.04 Å². The standard InChI is InChI=1S/C15H22FN3.HI/c1-17-15(19-14-4-2-3-5-14)18-11-10-12-6-8-13(16)9-7-12;/h6-9,14H,2-5,10-11H2,1H3,(H2,17,18,19);1H. The van der Waals surface area contributed by atoms with E-state index in [-0.39, 0.29) is 29.8 Å². The van der Waals surface area contributed by atoms with E-state index in [1.54, 1.807) is 7.05 Å². The zero-order valence-electron chi connectivity index (χ0n) is 11.9. The van der Waals surface area contributed by atoms with Crippen LogP contribution in [0.15, 0.2) is 29.3 Å². The van der Waals surface area contributed by atoms with Gasteiger partial charge in [0.25, 0.3) is 0 Å². The fraction of sp³-hybridized carbons (Fsp3) is 0.533. The fourth-order valence-electron chi connectivity index (χ4n) is 2.43. The number of hydrogen-bond donors (Lipinski definition) is 2. The Labute approximate surface area is 137 Å². The highest BCUT2D eigenvalue weighted by molar-refractivity contribution is 14.0. The summed E-state index contributed by atoms with van der Waals surface area (Å²) in [5.74, 6) is 0.685. The first-order chi connectivity index (χ1) is 9.28. The lowest BCUT2D eigenvalue weighted by Gasteiger charge is -2.16. The molecule has 1 aromatic carbocycles. The summed E-state index contributed by atoms with van der Waals surface area (Å²) in [6.07, 6.45) is 5.96. The van der Waals surface area contributed by atoms with Crippen LogP contribution in [0, 0.1) is 5.82 Å². The van der Waals surface area contributed by atoms with Crippen LogP contribution in [-0.4, -0.2) is 25.6 Å². The van der Waals surface area contributed by atoms with Gasteiger partial charge in [0.1, 0.15) is 5.82 Å².